The molecule has 0 bridgehead atoms. The first kappa shape index (κ1) is 22.3. The Balaban J connectivity index is 1.55. The highest BCUT2D eigenvalue weighted by Gasteiger charge is 2.28. The molecular formula is C24H30ClN3O2. The smallest absolute Gasteiger partial charge is 0.241 e. The molecule has 6 heteroatoms. The van der Waals surface area contributed by atoms with Gasteiger partial charge in [-0.2, -0.15) is 0 Å². The SMILES string of the molecule is Cc1cc(C)c(NC(=O)C(C)N2CCN(C(=O)Cc3ccccc3C)CC2)c(Cl)c1. The topological polar surface area (TPSA) is 52.7 Å². The van der Waals surface area contributed by atoms with Crippen LogP contribution in [0.4, 0.5) is 5.69 Å². The molecule has 3 rings (SSSR count). The number of carbonyl (C=O) groups excluding carboxylic acids is 2. The average Bonchev–Trinajstić information content (AvgIpc) is 2.71. The number of hydrogen-bond donors (Lipinski definition) is 1. The summed E-state index contributed by atoms with van der Waals surface area (Å²) in [6, 6.07) is 11.6. The number of halogens is 1. The second kappa shape index (κ2) is 9.63. The van der Waals surface area contributed by atoms with E-state index in [4.69, 9.17) is 11.6 Å². The van der Waals surface area contributed by atoms with Crippen LogP contribution in [0.2, 0.25) is 5.02 Å². The molecule has 0 aromatic heterocycles. The molecule has 1 heterocycles. The van der Waals surface area contributed by atoms with Crippen molar-refractivity contribution >= 4 is 29.1 Å². The summed E-state index contributed by atoms with van der Waals surface area (Å²) in [7, 11) is 0. The molecule has 2 aromatic rings. The van der Waals surface area contributed by atoms with Crippen LogP contribution in [0, 0.1) is 20.8 Å². The third-order valence-corrected chi connectivity index (χ3v) is 6.18. The number of aryl methyl sites for hydroxylation is 3. The Kier molecular flexibility index (Phi) is 7.16. The number of hydrogen-bond acceptors (Lipinski definition) is 3. The number of benzene rings is 2. The van der Waals surface area contributed by atoms with Crippen LogP contribution in [0.5, 0.6) is 0 Å². The van der Waals surface area contributed by atoms with Crippen molar-refractivity contribution in [3.63, 3.8) is 0 Å². The van der Waals surface area contributed by atoms with Gasteiger partial charge in [0.15, 0.2) is 0 Å². The molecule has 0 saturated carbocycles. The Bertz CT molecular complexity index is 913. The monoisotopic (exact) mass is 427 g/mol. The summed E-state index contributed by atoms with van der Waals surface area (Å²) in [4.78, 5) is 29.5. The number of piperazine rings is 1. The summed E-state index contributed by atoms with van der Waals surface area (Å²) < 4.78 is 0. The van der Waals surface area contributed by atoms with Crippen LogP contribution < -0.4 is 5.32 Å². The van der Waals surface area contributed by atoms with E-state index in [1.54, 1.807) is 0 Å². The summed E-state index contributed by atoms with van der Waals surface area (Å²) in [6.07, 6.45) is 0.425. The molecule has 1 aliphatic heterocycles. The minimum absolute atomic E-state index is 0.0801. The molecule has 30 heavy (non-hydrogen) atoms. The molecule has 0 aliphatic carbocycles. The quantitative estimate of drug-likeness (QED) is 0.785. The highest BCUT2D eigenvalue weighted by molar-refractivity contribution is 6.34. The predicted octanol–water partition coefficient (Wildman–Crippen LogP) is 3.98. The van der Waals surface area contributed by atoms with Gasteiger partial charge in [-0.25, -0.2) is 0 Å². The van der Waals surface area contributed by atoms with Gasteiger partial charge in [0.2, 0.25) is 11.8 Å². The van der Waals surface area contributed by atoms with Crippen molar-refractivity contribution in [3.05, 3.63) is 63.7 Å². The van der Waals surface area contributed by atoms with Gasteiger partial charge in [-0.15, -0.1) is 0 Å². The van der Waals surface area contributed by atoms with Gasteiger partial charge in [0.1, 0.15) is 0 Å². The summed E-state index contributed by atoms with van der Waals surface area (Å²) in [5, 5.41) is 3.54. The fourth-order valence-corrected chi connectivity index (χ4v) is 4.28. The molecule has 160 valence electrons. The van der Waals surface area contributed by atoms with Gasteiger partial charge in [0, 0.05) is 26.2 Å². The molecule has 1 aliphatic rings. The molecule has 1 atom stereocenters. The van der Waals surface area contributed by atoms with Crippen LogP contribution in [0.25, 0.3) is 0 Å². The van der Waals surface area contributed by atoms with E-state index in [-0.39, 0.29) is 17.9 Å². The van der Waals surface area contributed by atoms with Crippen molar-refractivity contribution < 1.29 is 9.59 Å². The molecule has 0 spiro atoms. The standard InChI is InChI=1S/C24H30ClN3O2/c1-16-13-18(3)23(21(25)14-16)26-24(30)19(4)27-9-11-28(12-10-27)22(29)15-20-8-6-5-7-17(20)2/h5-8,13-14,19H,9-12,15H2,1-4H3,(H,26,30). The molecule has 2 amide bonds. The van der Waals surface area contributed by atoms with Crippen LogP contribution in [0.15, 0.2) is 36.4 Å². The molecule has 5 nitrogen and oxygen atoms in total. The number of nitrogens with one attached hydrogen (secondary N) is 1. The van der Waals surface area contributed by atoms with Crippen molar-refractivity contribution in [2.45, 2.75) is 40.2 Å². The van der Waals surface area contributed by atoms with Gasteiger partial charge in [-0.05, 0) is 56.0 Å². The third kappa shape index (κ3) is 5.21. The summed E-state index contributed by atoms with van der Waals surface area (Å²) >= 11 is 6.33. The van der Waals surface area contributed by atoms with Crippen molar-refractivity contribution in [3.8, 4) is 0 Å². The lowest BCUT2D eigenvalue weighted by molar-refractivity contribution is -0.133. The number of carbonyl (C=O) groups is 2. The predicted molar refractivity (Wildman–Crippen MR) is 122 cm³/mol. The summed E-state index contributed by atoms with van der Waals surface area (Å²) in [5.74, 6) is 0.0617. The minimum Gasteiger partial charge on any atom is -0.340 e. The maximum Gasteiger partial charge on any atom is 0.241 e. The highest BCUT2D eigenvalue weighted by atomic mass is 35.5. The van der Waals surface area contributed by atoms with Crippen LogP contribution in [-0.2, 0) is 16.0 Å². The first-order valence-corrected chi connectivity index (χ1v) is 10.8. The maximum absolute atomic E-state index is 12.8. The maximum atomic E-state index is 12.8. The Morgan fingerprint density at radius 3 is 2.33 bits per heavy atom. The van der Waals surface area contributed by atoms with Gasteiger partial charge >= 0.3 is 0 Å². The zero-order valence-corrected chi connectivity index (χ0v) is 18.9. The molecule has 1 saturated heterocycles. The summed E-state index contributed by atoms with van der Waals surface area (Å²) in [6.45, 7) is 10.5. The zero-order chi connectivity index (χ0) is 21.8. The number of rotatable bonds is 5. The number of nitrogens with zero attached hydrogens (tertiary/aromatic N) is 2. The van der Waals surface area contributed by atoms with E-state index in [1.807, 2.05) is 69.0 Å². The summed E-state index contributed by atoms with van der Waals surface area (Å²) in [5.41, 5.74) is 4.90. The van der Waals surface area contributed by atoms with Crippen molar-refractivity contribution in [2.24, 2.45) is 0 Å². The van der Waals surface area contributed by atoms with E-state index in [2.05, 4.69) is 10.2 Å². The van der Waals surface area contributed by atoms with Gasteiger partial charge in [0.05, 0.1) is 23.2 Å². The van der Waals surface area contributed by atoms with E-state index in [0.717, 1.165) is 22.3 Å². The Hall–Kier alpha value is -2.37. The average molecular weight is 428 g/mol. The minimum atomic E-state index is -0.296. The molecule has 0 radical (unpaired) electrons. The lowest BCUT2D eigenvalue weighted by Crippen LogP contribution is -2.54. The molecule has 1 fully saturated rings. The Morgan fingerprint density at radius 1 is 1.03 bits per heavy atom. The number of anilines is 1. The first-order valence-electron chi connectivity index (χ1n) is 10.4. The van der Waals surface area contributed by atoms with Crippen molar-refractivity contribution in [2.75, 3.05) is 31.5 Å². The normalized spacial score (nSPS) is 15.7. The Morgan fingerprint density at radius 2 is 1.70 bits per heavy atom. The van der Waals surface area contributed by atoms with E-state index in [9.17, 15) is 9.59 Å². The zero-order valence-electron chi connectivity index (χ0n) is 18.2. The highest BCUT2D eigenvalue weighted by Crippen LogP contribution is 2.27. The lowest BCUT2D eigenvalue weighted by atomic mass is 10.0. The van der Waals surface area contributed by atoms with E-state index >= 15 is 0 Å². The molecule has 1 unspecified atom stereocenters. The largest absolute Gasteiger partial charge is 0.340 e. The van der Waals surface area contributed by atoms with Crippen LogP contribution in [0.3, 0.4) is 0 Å². The van der Waals surface area contributed by atoms with E-state index in [0.29, 0.717) is 43.3 Å². The lowest BCUT2D eigenvalue weighted by Gasteiger charge is -2.37. The fraction of sp³-hybridized carbons (Fsp3) is 0.417. The van der Waals surface area contributed by atoms with Crippen molar-refractivity contribution in [1.29, 1.82) is 0 Å². The second-order valence-corrected chi connectivity index (χ2v) is 8.53. The molecule has 2 aromatic carbocycles. The molecule has 1 N–H and O–H groups in total. The number of amides is 2. The van der Waals surface area contributed by atoms with Crippen LogP contribution in [0.1, 0.15) is 29.2 Å². The Labute approximate surface area is 184 Å². The van der Waals surface area contributed by atoms with Crippen LogP contribution >= 0.6 is 11.6 Å². The first-order chi connectivity index (χ1) is 14.3. The van der Waals surface area contributed by atoms with Gasteiger partial charge in [-0.1, -0.05) is 41.9 Å². The van der Waals surface area contributed by atoms with Gasteiger partial charge in [-0.3, -0.25) is 14.5 Å². The van der Waals surface area contributed by atoms with E-state index < -0.39 is 0 Å². The molecular weight excluding hydrogens is 398 g/mol. The van der Waals surface area contributed by atoms with Gasteiger partial charge < -0.3 is 10.2 Å². The van der Waals surface area contributed by atoms with Crippen LogP contribution in [-0.4, -0.2) is 53.8 Å². The fourth-order valence-electron chi connectivity index (χ4n) is 3.91. The van der Waals surface area contributed by atoms with Crippen molar-refractivity contribution in [1.82, 2.24) is 9.80 Å². The second-order valence-electron chi connectivity index (χ2n) is 8.12. The van der Waals surface area contributed by atoms with Gasteiger partial charge in [0.25, 0.3) is 0 Å². The third-order valence-electron chi connectivity index (χ3n) is 5.88. The van der Waals surface area contributed by atoms with E-state index in [1.165, 1.54) is 0 Å².